The molecule has 0 amide bonds. The molecule has 3 heteroatoms. The minimum Gasteiger partial charge on any atom is -0.357 e. The number of carbonyl (C=O) groups is 2. The molecule has 24 heavy (non-hydrogen) atoms. The van der Waals surface area contributed by atoms with E-state index in [1.165, 1.54) is 0 Å². The molecule has 5 aliphatic rings. The van der Waals surface area contributed by atoms with E-state index in [4.69, 9.17) is 4.74 Å². The number of fused-ring (bicyclic) bond motifs is 4. The molecule has 1 spiro atoms. The summed E-state index contributed by atoms with van der Waals surface area (Å²) >= 11 is 0. The average molecular weight is 330 g/mol. The van der Waals surface area contributed by atoms with Gasteiger partial charge in [-0.05, 0) is 55.8 Å². The van der Waals surface area contributed by atoms with Crippen LogP contribution in [0.4, 0.5) is 0 Å². The standard InChI is InChI=1S/C21H30O3/c1-4-12-11-16(23)19(2)8-6-14-13(17(12)19)5-10-21-18(24-21)15(22)7-9-20(14,21)3/h12-14,17-18H,4-11H2,1-3H3/t12?,13-,14-,17+,18?,19-,20-,21?/m1/s1. The molecule has 0 aromatic rings. The number of ketones is 2. The topological polar surface area (TPSA) is 46.7 Å². The van der Waals surface area contributed by atoms with E-state index in [1.807, 2.05) is 0 Å². The Labute approximate surface area is 144 Å². The van der Waals surface area contributed by atoms with Gasteiger partial charge in [0.2, 0.25) is 0 Å². The van der Waals surface area contributed by atoms with Crippen LogP contribution in [0, 0.1) is 34.5 Å². The number of rotatable bonds is 1. The van der Waals surface area contributed by atoms with E-state index in [0.29, 0.717) is 41.7 Å². The summed E-state index contributed by atoms with van der Waals surface area (Å²) in [5, 5.41) is 0. The van der Waals surface area contributed by atoms with E-state index in [1.54, 1.807) is 0 Å². The SMILES string of the molecule is CCC1CC(=O)[C@@]2(C)CC[C@@H]3[C@@H](CCC45OC4C(=O)CC[C@]35C)[C@H]12. The van der Waals surface area contributed by atoms with Crippen molar-refractivity contribution >= 4 is 11.6 Å². The Kier molecular flexibility index (Phi) is 2.93. The number of ether oxygens (including phenoxy) is 1. The third-order valence-corrected chi connectivity index (χ3v) is 9.32. The second-order valence-corrected chi connectivity index (χ2v) is 9.86. The van der Waals surface area contributed by atoms with Crippen LogP contribution in [0.1, 0.15) is 72.1 Å². The van der Waals surface area contributed by atoms with Crippen molar-refractivity contribution in [1.29, 1.82) is 0 Å². The van der Waals surface area contributed by atoms with Gasteiger partial charge in [0.25, 0.3) is 0 Å². The van der Waals surface area contributed by atoms with Gasteiger partial charge < -0.3 is 4.74 Å². The molecule has 0 bridgehead atoms. The van der Waals surface area contributed by atoms with Crippen LogP contribution in [0.25, 0.3) is 0 Å². The highest BCUT2D eigenvalue weighted by atomic mass is 16.6. The Morgan fingerprint density at radius 2 is 1.92 bits per heavy atom. The largest absolute Gasteiger partial charge is 0.357 e. The number of epoxide rings is 1. The van der Waals surface area contributed by atoms with Crippen LogP contribution in [0.2, 0.25) is 0 Å². The molecular formula is C21H30O3. The maximum atomic E-state index is 12.8. The third-order valence-electron chi connectivity index (χ3n) is 9.32. The predicted molar refractivity (Wildman–Crippen MR) is 90.4 cm³/mol. The lowest BCUT2D eigenvalue weighted by Crippen LogP contribution is -2.58. The summed E-state index contributed by atoms with van der Waals surface area (Å²) in [6, 6.07) is 0. The Morgan fingerprint density at radius 3 is 2.67 bits per heavy atom. The molecule has 8 atom stereocenters. The molecule has 0 aromatic carbocycles. The first-order valence-electron chi connectivity index (χ1n) is 10.1. The van der Waals surface area contributed by atoms with Crippen LogP contribution in [-0.4, -0.2) is 23.3 Å². The van der Waals surface area contributed by atoms with Crippen molar-refractivity contribution in [1.82, 2.24) is 0 Å². The quantitative estimate of drug-likeness (QED) is 0.684. The Morgan fingerprint density at radius 1 is 1.12 bits per heavy atom. The first-order chi connectivity index (χ1) is 11.4. The maximum Gasteiger partial charge on any atom is 0.164 e. The van der Waals surface area contributed by atoms with Gasteiger partial charge in [0.15, 0.2) is 5.78 Å². The minimum atomic E-state index is -0.137. The zero-order valence-corrected chi connectivity index (χ0v) is 15.3. The van der Waals surface area contributed by atoms with Gasteiger partial charge in [-0.3, -0.25) is 9.59 Å². The van der Waals surface area contributed by atoms with Crippen LogP contribution in [0.3, 0.4) is 0 Å². The molecule has 3 nitrogen and oxygen atoms in total. The summed E-state index contributed by atoms with van der Waals surface area (Å²) in [6.45, 7) is 6.94. The summed E-state index contributed by atoms with van der Waals surface area (Å²) in [5.74, 6) is 3.32. The first-order valence-corrected chi connectivity index (χ1v) is 10.1. The van der Waals surface area contributed by atoms with Crippen molar-refractivity contribution in [2.45, 2.75) is 83.8 Å². The lowest BCUT2D eigenvalue weighted by Gasteiger charge is -2.59. The van der Waals surface area contributed by atoms with Gasteiger partial charge in [0.1, 0.15) is 17.5 Å². The molecule has 5 fully saturated rings. The van der Waals surface area contributed by atoms with E-state index >= 15 is 0 Å². The number of hydrogen-bond donors (Lipinski definition) is 0. The van der Waals surface area contributed by atoms with Crippen LogP contribution in [0.15, 0.2) is 0 Å². The maximum absolute atomic E-state index is 12.8. The van der Waals surface area contributed by atoms with Gasteiger partial charge in [-0.25, -0.2) is 0 Å². The fraction of sp³-hybridized carbons (Fsp3) is 0.905. The van der Waals surface area contributed by atoms with Gasteiger partial charge >= 0.3 is 0 Å². The fourth-order valence-electron chi connectivity index (χ4n) is 7.94. The molecule has 0 aromatic heterocycles. The molecule has 0 radical (unpaired) electrons. The van der Waals surface area contributed by atoms with Gasteiger partial charge in [-0.2, -0.15) is 0 Å². The van der Waals surface area contributed by atoms with E-state index in [2.05, 4.69) is 20.8 Å². The van der Waals surface area contributed by atoms with Crippen molar-refractivity contribution in [2.24, 2.45) is 34.5 Å². The van der Waals surface area contributed by atoms with Gasteiger partial charge in [0, 0.05) is 23.7 Å². The summed E-state index contributed by atoms with van der Waals surface area (Å²) in [4.78, 5) is 25.0. The zero-order chi connectivity index (χ0) is 16.9. The molecule has 3 unspecified atom stereocenters. The van der Waals surface area contributed by atoms with Gasteiger partial charge in [0.05, 0.1) is 0 Å². The second kappa shape index (κ2) is 4.52. The lowest BCUT2D eigenvalue weighted by molar-refractivity contribution is -0.142. The van der Waals surface area contributed by atoms with E-state index < -0.39 is 0 Å². The van der Waals surface area contributed by atoms with Crippen molar-refractivity contribution in [3.8, 4) is 0 Å². The molecule has 4 saturated carbocycles. The second-order valence-electron chi connectivity index (χ2n) is 9.86. The third kappa shape index (κ3) is 1.55. The molecule has 1 saturated heterocycles. The van der Waals surface area contributed by atoms with Crippen molar-refractivity contribution in [3.05, 3.63) is 0 Å². The van der Waals surface area contributed by atoms with Crippen LogP contribution >= 0.6 is 0 Å². The Hall–Kier alpha value is -0.700. The molecule has 0 N–H and O–H groups in total. The smallest absolute Gasteiger partial charge is 0.164 e. The van der Waals surface area contributed by atoms with E-state index in [9.17, 15) is 9.59 Å². The number of carbonyl (C=O) groups excluding carboxylic acids is 2. The predicted octanol–water partition coefficient (Wildman–Crippen LogP) is 3.93. The lowest BCUT2D eigenvalue weighted by atomic mass is 9.44. The Bertz CT molecular complexity index is 627. The van der Waals surface area contributed by atoms with Crippen LogP contribution in [-0.2, 0) is 14.3 Å². The Balaban J connectivity index is 1.53. The highest BCUT2D eigenvalue weighted by Crippen LogP contribution is 2.72. The monoisotopic (exact) mass is 330 g/mol. The fourth-order valence-corrected chi connectivity index (χ4v) is 7.94. The summed E-state index contributed by atoms with van der Waals surface area (Å²) in [7, 11) is 0. The molecule has 132 valence electrons. The van der Waals surface area contributed by atoms with Gasteiger partial charge in [-0.15, -0.1) is 0 Å². The normalized spacial score (nSPS) is 58.5. The van der Waals surface area contributed by atoms with Crippen molar-refractivity contribution in [3.63, 3.8) is 0 Å². The number of hydrogen-bond acceptors (Lipinski definition) is 3. The molecular weight excluding hydrogens is 300 g/mol. The molecule has 1 heterocycles. The summed E-state index contributed by atoms with van der Waals surface area (Å²) < 4.78 is 6.13. The van der Waals surface area contributed by atoms with E-state index in [-0.39, 0.29) is 22.5 Å². The average Bonchev–Trinajstić information content (AvgIpc) is 3.25. The first kappa shape index (κ1) is 15.5. The van der Waals surface area contributed by atoms with Crippen LogP contribution in [0.5, 0.6) is 0 Å². The van der Waals surface area contributed by atoms with E-state index in [0.717, 1.165) is 44.9 Å². The van der Waals surface area contributed by atoms with Crippen molar-refractivity contribution in [2.75, 3.05) is 0 Å². The summed E-state index contributed by atoms with van der Waals surface area (Å²) in [5.41, 5.74) is -0.0572. The highest BCUT2D eigenvalue weighted by Gasteiger charge is 2.76. The number of Topliss-reactive ketones (excluding diaryl/α,β-unsaturated/α-hetero) is 2. The summed E-state index contributed by atoms with van der Waals surface area (Å²) in [6.07, 6.45) is 7.95. The molecule has 1 aliphatic heterocycles. The minimum absolute atomic E-state index is 0.0724. The van der Waals surface area contributed by atoms with Gasteiger partial charge in [-0.1, -0.05) is 27.2 Å². The van der Waals surface area contributed by atoms with Crippen LogP contribution < -0.4 is 0 Å². The molecule has 5 rings (SSSR count). The zero-order valence-electron chi connectivity index (χ0n) is 15.3. The molecule has 4 aliphatic carbocycles. The van der Waals surface area contributed by atoms with Crippen molar-refractivity contribution < 1.29 is 14.3 Å². The highest BCUT2D eigenvalue weighted by molar-refractivity contribution is 5.89.